The number of hydrogen-bond acceptors (Lipinski definition) is 7. The first-order valence-electron chi connectivity index (χ1n) is 7.51. The minimum atomic E-state index is -0.473. The van der Waals surface area contributed by atoms with E-state index in [0.717, 1.165) is 11.3 Å². The molecule has 0 unspecified atom stereocenters. The maximum atomic E-state index is 12.1. The van der Waals surface area contributed by atoms with Crippen LogP contribution in [0.5, 0.6) is 11.5 Å². The molecule has 2 atom stereocenters. The van der Waals surface area contributed by atoms with Gasteiger partial charge >= 0.3 is 0 Å². The fourth-order valence-electron chi connectivity index (χ4n) is 2.57. The summed E-state index contributed by atoms with van der Waals surface area (Å²) in [6, 6.07) is 5.16. The SMILES string of the molecule is COc1ccc(-c2csc(NC(=O)[C@@H]3C[C@@H](O)CN3)n2)cc1OC. The van der Waals surface area contributed by atoms with E-state index in [4.69, 9.17) is 9.47 Å². The molecule has 0 saturated carbocycles. The van der Waals surface area contributed by atoms with E-state index >= 15 is 0 Å². The van der Waals surface area contributed by atoms with Gasteiger partial charge in [0.05, 0.1) is 32.1 Å². The summed E-state index contributed by atoms with van der Waals surface area (Å²) in [6.07, 6.45) is -0.0564. The fourth-order valence-corrected chi connectivity index (χ4v) is 3.29. The molecule has 8 heteroatoms. The third-order valence-corrected chi connectivity index (χ3v) is 4.60. The number of hydrogen-bond donors (Lipinski definition) is 3. The highest BCUT2D eigenvalue weighted by molar-refractivity contribution is 7.14. The number of amides is 1. The number of ether oxygens (including phenoxy) is 2. The molecule has 1 aromatic heterocycles. The normalized spacial score (nSPS) is 20.0. The van der Waals surface area contributed by atoms with Crippen LogP contribution in [0, 0.1) is 0 Å². The number of anilines is 1. The molecule has 1 fully saturated rings. The van der Waals surface area contributed by atoms with E-state index in [-0.39, 0.29) is 11.9 Å². The van der Waals surface area contributed by atoms with E-state index in [1.54, 1.807) is 14.2 Å². The van der Waals surface area contributed by atoms with E-state index < -0.39 is 6.10 Å². The summed E-state index contributed by atoms with van der Waals surface area (Å²) in [6.45, 7) is 0.437. The number of aromatic nitrogens is 1. The van der Waals surface area contributed by atoms with Crippen molar-refractivity contribution in [2.45, 2.75) is 18.6 Å². The molecule has 0 radical (unpaired) electrons. The summed E-state index contributed by atoms with van der Waals surface area (Å²) in [7, 11) is 3.17. The van der Waals surface area contributed by atoms with Crippen molar-refractivity contribution in [3.8, 4) is 22.8 Å². The minimum absolute atomic E-state index is 0.181. The lowest BCUT2D eigenvalue weighted by molar-refractivity contribution is -0.117. The van der Waals surface area contributed by atoms with Crippen LogP contribution in [0.15, 0.2) is 23.6 Å². The number of rotatable bonds is 5. The molecule has 0 bridgehead atoms. The Hall–Kier alpha value is -2.16. The molecule has 7 nitrogen and oxygen atoms in total. The first-order valence-corrected chi connectivity index (χ1v) is 8.39. The lowest BCUT2D eigenvalue weighted by Gasteiger charge is -2.09. The molecule has 24 heavy (non-hydrogen) atoms. The summed E-state index contributed by atoms with van der Waals surface area (Å²) in [5.74, 6) is 1.09. The van der Waals surface area contributed by atoms with Crippen LogP contribution in [0.4, 0.5) is 5.13 Å². The second-order valence-electron chi connectivity index (χ2n) is 5.45. The number of methoxy groups -OCH3 is 2. The molecule has 1 saturated heterocycles. The van der Waals surface area contributed by atoms with Crippen LogP contribution < -0.4 is 20.1 Å². The van der Waals surface area contributed by atoms with Gasteiger partial charge in [0.25, 0.3) is 0 Å². The Morgan fingerprint density at radius 1 is 1.38 bits per heavy atom. The lowest BCUT2D eigenvalue weighted by atomic mass is 10.1. The van der Waals surface area contributed by atoms with Gasteiger partial charge in [-0.05, 0) is 24.6 Å². The van der Waals surface area contributed by atoms with E-state index in [9.17, 15) is 9.90 Å². The second-order valence-corrected chi connectivity index (χ2v) is 6.31. The Balaban J connectivity index is 1.72. The van der Waals surface area contributed by atoms with E-state index in [0.29, 0.717) is 29.6 Å². The van der Waals surface area contributed by atoms with Gasteiger partial charge in [-0.25, -0.2) is 4.98 Å². The van der Waals surface area contributed by atoms with Crippen LogP contribution in [-0.2, 0) is 4.79 Å². The zero-order valence-electron chi connectivity index (χ0n) is 13.4. The number of carbonyl (C=O) groups is 1. The number of benzene rings is 1. The van der Waals surface area contributed by atoms with Gasteiger partial charge in [-0.1, -0.05) is 0 Å². The van der Waals surface area contributed by atoms with Crippen molar-refractivity contribution in [3.63, 3.8) is 0 Å². The Morgan fingerprint density at radius 2 is 2.17 bits per heavy atom. The zero-order valence-corrected chi connectivity index (χ0v) is 14.2. The first kappa shape index (κ1) is 16.7. The van der Waals surface area contributed by atoms with Crippen LogP contribution in [-0.4, -0.2) is 48.9 Å². The Morgan fingerprint density at radius 3 is 2.83 bits per heavy atom. The van der Waals surface area contributed by atoms with Gasteiger partial charge < -0.3 is 25.2 Å². The summed E-state index contributed by atoms with van der Waals surface area (Å²) in [5.41, 5.74) is 1.62. The summed E-state index contributed by atoms with van der Waals surface area (Å²) < 4.78 is 10.5. The molecule has 3 N–H and O–H groups in total. The summed E-state index contributed by atoms with van der Waals surface area (Å²) >= 11 is 1.35. The number of thiazole rings is 1. The number of β-amino-alcohol motifs (C(OH)–C–C–N with tert-alkyl or cyclic N) is 1. The molecule has 1 amide bonds. The number of nitrogens with one attached hydrogen (secondary N) is 2. The predicted octanol–water partition coefficient (Wildman–Crippen LogP) is 1.49. The van der Waals surface area contributed by atoms with Gasteiger partial charge in [0.15, 0.2) is 16.6 Å². The van der Waals surface area contributed by atoms with Crippen molar-refractivity contribution in [2.75, 3.05) is 26.1 Å². The minimum Gasteiger partial charge on any atom is -0.493 e. The molecule has 3 rings (SSSR count). The van der Waals surface area contributed by atoms with E-state index in [2.05, 4.69) is 15.6 Å². The number of nitrogens with zero attached hydrogens (tertiary/aromatic N) is 1. The quantitative estimate of drug-likeness (QED) is 0.757. The van der Waals surface area contributed by atoms with Gasteiger partial charge in [-0.15, -0.1) is 11.3 Å². The number of aliphatic hydroxyl groups excluding tert-OH is 1. The highest BCUT2D eigenvalue weighted by Gasteiger charge is 2.28. The van der Waals surface area contributed by atoms with Crippen LogP contribution in [0.25, 0.3) is 11.3 Å². The van der Waals surface area contributed by atoms with Crippen molar-refractivity contribution in [2.24, 2.45) is 0 Å². The average molecular weight is 349 g/mol. The van der Waals surface area contributed by atoms with Crippen molar-refractivity contribution in [1.29, 1.82) is 0 Å². The molecule has 2 aromatic rings. The van der Waals surface area contributed by atoms with Gasteiger partial charge in [-0.3, -0.25) is 4.79 Å². The topological polar surface area (TPSA) is 92.7 Å². The third kappa shape index (κ3) is 3.50. The predicted molar refractivity (Wildman–Crippen MR) is 91.7 cm³/mol. The lowest BCUT2D eigenvalue weighted by Crippen LogP contribution is -2.35. The molecule has 0 spiro atoms. The van der Waals surface area contributed by atoms with Gasteiger partial charge in [0.2, 0.25) is 5.91 Å². The monoisotopic (exact) mass is 349 g/mol. The van der Waals surface area contributed by atoms with E-state index in [1.807, 2.05) is 23.6 Å². The van der Waals surface area contributed by atoms with Crippen molar-refractivity contribution >= 4 is 22.4 Å². The summed E-state index contributed by atoms with van der Waals surface area (Å²) in [5, 5.41) is 17.6. The highest BCUT2D eigenvalue weighted by atomic mass is 32.1. The molecule has 128 valence electrons. The van der Waals surface area contributed by atoms with Crippen LogP contribution in [0.2, 0.25) is 0 Å². The van der Waals surface area contributed by atoms with Crippen molar-refractivity contribution in [3.05, 3.63) is 23.6 Å². The maximum Gasteiger partial charge on any atom is 0.243 e. The zero-order chi connectivity index (χ0) is 17.1. The first-order chi connectivity index (χ1) is 11.6. The molecule has 1 aliphatic rings. The van der Waals surface area contributed by atoms with Gasteiger partial charge in [0, 0.05) is 17.5 Å². The highest BCUT2D eigenvalue weighted by Crippen LogP contribution is 2.33. The van der Waals surface area contributed by atoms with Crippen molar-refractivity contribution in [1.82, 2.24) is 10.3 Å². The van der Waals surface area contributed by atoms with Gasteiger partial charge in [-0.2, -0.15) is 0 Å². The molecule has 1 aromatic carbocycles. The Kier molecular flexibility index (Phi) is 4.98. The van der Waals surface area contributed by atoms with Crippen LogP contribution in [0.1, 0.15) is 6.42 Å². The molecular weight excluding hydrogens is 330 g/mol. The molecule has 0 aliphatic carbocycles. The Labute approximate surface area is 143 Å². The van der Waals surface area contributed by atoms with Gasteiger partial charge in [0.1, 0.15) is 0 Å². The maximum absolute atomic E-state index is 12.1. The second kappa shape index (κ2) is 7.16. The fraction of sp³-hybridized carbons (Fsp3) is 0.375. The summed E-state index contributed by atoms with van der Waals surface area (Å²) in [4.78, 5) is 16.6. The average Bonchev–Trinajstić information content (AvgIpc) is 3.23. The molecule has 1 aliphatic heterocycles. The number of aliphatic hydroxyl groups is 1. The number of carbonyl (C=O) groups excluding carboxylic acids is 1. The Bertz CT molecular complexity index is 734. The van der Waals surface area contributed by atoms with Crippen LogP contribution >= 0.6 is 11.3 Å². The third-order valence-electron chi connectivity index (χ3n) is 3.84. The molecular formula is C16H19N3O4S. The van der Waals surface area contributed by atoms with Crippen LogP contribution in [0.3, 0.4) is 0 Å². The standard InChI is InChI=1S/C16H19N3O4S/c1-22-13-4-3-9(5-14(13)23-2)12-8-24-16(18-12)19-15(21)11-6-10(20)7-17-11/h3-5,8,10-11,17,20H,6-7H2,1-2H3,(H,18,19,21)/t10-,11+/m1/s1. The van der Waals surface area contributed by atoms with E-state index in [1.165, 1.54) is 11.3 Å². The molecule has 2 heterocycles. The largest absolute Gasteiger partial charge is 0.493 e. The van der Waals surface area contributed by atoms with Crippen molar-refractivity contribution < 1.29 is 19.4 Å². The smallest absolute Gasteiger partial charge is 0.243 e.